The summed E-state index contributed by atoms with van der Waals surface area (Å²) in [6, 6.07) is 2.04. The Morgan fingerprint density at radius 2 is 2.50 bits per heavy atom. The lowest BCUT2D eigenvalue weighted by Gasteiger charge is -1.90. The zero-order valence-corrected chi connectivity index (χ0v) is 7.74. The van der Waals surface area contributed by atoms with E-state index in [1.807, 2.05) is 11.4 Å². The van der Waals surface area contributed by atoms with Gasteiger partial charge in [0.05, 0.1) is 3.79 Å². The minimum Gasteiger partial charge on any atom is -0.303 e. The van der Waals surface area contributed by atoms with Crippen molar-refractivity contribution in [1.82, 2.24) is 0 Å². The van der Waals surface area contributed by atoms with Crippen LogP contribution < -0.4 is 0 Å². The summed E-state index contributed by atoms with van der Waals surface area (Å²) in [6.45, 7) is 0. The van der Waals surface area contributed by atoms with Gasteiger partial charge in [-0.2, -0.15) is 0 Å². The van der Waals surface area contributed by atoms with Crippen molar-refractivity contribution in [1.29, 1.82) is 0 Å². The largest absolute Gasteiger partial charge is 0.303 e. The third-order valence-corrected chi connectivity index (χ3v) is 3.04. The standard InChI is InChI=1S/C7H7BrOS/c8-7-6(2-1-4-9)3-5-10-7/h3-5H,1-2H2. The highest BCUT2D eigenvalue weighted by Gasteiger charge is 1.98. The Labute approximate surface area is 72.2 Å². The molecular weight excluding hydrogens is 212 g/mol. The Morgan fingerprint density at radius 3 is 3.00 bits per heavy atom. The molecule has 0 amide bonds. The van der Waals surface area contributed by atoms with Gasteiger partial charge in [-0.05, 0) is 39.4 Å². The molecule has 0 aliphatic carbocycles. The first-order chi connectivity index (χ1) is 4.84. The molecule has 1 heterocycles. The first-order valence-electron chi connectivity index (χ1n) is 3.00. The molecule has 1 nitrogen and oxygen atoms in total. The number of rotatable bonds is 3. The van der Waals surface area contributed by atoms with E-state index in [9.17, 15) is 4.79 Å². The molecule has 0 saturated carbocycles. The van der Waals surface area contributed by atoms with Gasteiger partial charge in [-0.3, -0.25) is 0 Å². The van der Waals surface area contributed by atoms with E-state index in [0.29, 0.717) is 6.42 Å². The third kappa shape index (κ3) is 1.92. The van der Waals surface area contributed by atoms with Crippen molar-refractivity contribution >= 4 is 33.6 Å². The molecule has 0 saturated heterocycles. The monoisotopic (exact) mass is 218 g/mol. The van der Waals surface area contributed by atoms with Crippen LogP contribution in [0.15, 0.2) is 15.2 Å². The van der Waals surface area contributed by atoms with E-state index in [2.05, 4.69) is 15.9 Å². The Bertz CT molecular complexity index is 219. The Balaban J connectivity index is 2.56. The van der Waals surface area contributed by atoms with Crippen LogP contribution in [-0.4, -0.2) is 6.29 Å². The highest BCUT2D eigenvalue weighted by Crippen LogP contribution is 2.23. The van der Waals surface area contributed by atoms with Crippen molar-refractivity contribution in [2.24, 2.45) is 0 Å². The molecule has 0 spiro atoms. The van der Waals surface area contributed by atoms with Gasteiger partial charge in [0.15, 0.2) is 0 Å². The smallest absolute Gasteiger partial charge is 0.120 e. The fourth-order valence-electron chi connectivity index (χ4n) is 0.713. The third-order valence-electron chi connectivity index (χ3n) is 1.22. The Hall–Kier alpha value is -0.150. The summed E-state index contributed by atoms with van der Waals surface area (Å²) in [5.41, 5.74) is 1.23. The lowest BCUT2D eigenvalue weighted by molar-refractivity contribution is -0.107. The van der Waals surface area contributed by atoms with Crippen molar-refractivity contribution in [2.45, 2.75) is 12.8 Å². The van der Waals surface area contributed by atoms with Gasteiger partial charge in [-0.1, -0.05) is 0 Å². The lowest BCUT2D eigenvalue weighted by Crippen LogP contribution is -1.82. The molecule has 3 heteroatoms. The average molecular weight is 219 g/mol. The molecule has 0 unspecified atom stereocenters. The average Bonchev–Trinajstić information content (AvgIpc) is 2.31. The van der Waals surface area contributed by atoms with E-state index < -0.39 is 0 Å². The highest BCUT2D eigenvalue weighted by atomic mass is 79.9. The first-order valence-corrected chi connectivity index (χ1v) is 4.67. The van der Waals surface area contributed by atoms with E-state index in [4.69, 9.17) is 0 Å². The molecule has 0 aliphatic heterocycles. The van der Waals surface area contributed by atoms with Crippen LogP contribution >= 0.6 is 27.3 Å². The summed E-state index contributed by atoms with van der Waals surface area (Å²) in [6.07, 6.45) is 2.42. The zero-order chi connectivity index (χ0) is 7.40. The van der Waals surface area contributed by atoms with Crippen LogP contribution in [-0.2, 0) is 11.2 Å². The van der Waals surface area contributed by atoms with Gasteiger partial charge in [-0.15, -0.1) is 11.3 Å². The van der Waals surface area contributed by atoms with E-state index in [1.165, 1.54) is 5.56 Å². The number of aldehydes is 1. The minimum atomic E-state index is 0.620. The molecule has 0 radical (unpaired) electrons. The molecule has 0 aliphatic rings. The number of aryl methyl sites for hydroxylation is 1. The molecule has 0 N–H and O–H groups in total. The van der Waals surface area contributed by atoms with Gasteiger partial charge in [0.1, 0.15) is 6.29 Å². The summed E-state index contributed by atoms with van der Waals surface area (Å²) in [7, 11) is 0. The maximum Gasteiger partial charge on any atom is 0.120 e. The van der Waals surface area contributed by atoms with E-state index in [-0.39, 0.29) is 0 Å². The normalized spacial score (nSPS) is 9.70. The van der Waals surface area contributed by atoms with Gasteiger partial charge in [0.25, 0.3) is 0 Å². The maximum atomic E-state index is 10.00. The quantitative estimate of drug-likeness (QED) is 0.714. The molecule has 1 aromatic heterocycles. The first kappa shape index (κ1) is 7.95. The van der Waals surface area contributed by atoms with Gasteiger partial charge in [-0.25, -0.2) is 0 Å². The predicted octanol–water partition coefficient (Wildman–Crippen LogP) is 2.64. The number of hydrogen-bond donors (Lipinski definition) is 0. The fourth-order valence-corrected chi connectivity index (χ4v) is 2.04. The van der Waals surface area contributed by atoms with Crippen LogP contribution in [0, 0.1) is 0 Å². The molecule has 1 rings (SSSR count). The summed E-state index contributed by atoms with van der Waals surface area (Å²) in [5.74, 6) is 0. The van der Waals surface area contributed by atoms with E-state index >= 15 is 0 Å². The topological polar surface area (TPSA) is 17.1 Å². The number of hydrogen-bond acceptors (Lipinski definition) is 2. The Kier molecular flexibility index (Phi) is 3.09. The number of thiophene rings is 1. The second-order valence-corrected chi connectivity index (χ2v) is 4.16. The van der Waals surface area contributed by atoms with Gasteiger partial charge < -0.3 is 4.79 Å². The van der Waals surface area contributed by atoms with Gasteiger partial charge in [0.2, 0.25) is 0 Å². The number of halogens is 1. The van der Waals surface area contributed by atoms with Crippen molar-refractivity contribution in [3.8, 4) is 0 Å². The van der Waals surface area contributed by atoms with Crippen molar-refractivity contribution in [3.05, 3.63) is 20.8 Å². The van der Waals surface area contributed by atoms with Crippen molar-refractivity contribution < 1.29 is 4.79 Å². The van der Waals surface area contributed by atoms with Crippen LogP contribution in [0.4, 0.5) is 0 Å². The van der Waals surface area contributed by atoms with Gasteiger partial charge >= 0.3 is 0 Å². The summed E-state index contributed by atoms with van der Waals surface area (Å²) in [4.78, 5) is 10.00. The van der Waals surface area contributed by atoms with Crippen molar-refractivity contribution in [2.75, 3.05) is 0 Å². The summed E-state index contributed by atoms with van der Waals surface area (Å²) < 4.78 is 1.15. The van der Waals surface area contributed by atoms with Crippen molar-refractivity contribution in [3.63, 3.8) is 0 Å². The molecule has 0 fully saturated rings. The molecular formula is C7H7BrOS. The van der Waals surface area contributed by atoms with Crippen LogP contribution in [0.3, 0.4) is 0 Å². The molecule has 0 atom stereocenters. The summed E-state index contributed by atoms with van der Waals surface area (Å²) >= 11 is 5.05. The maximum absolute atomic E-state index is 10.00. The van der Waals surface area contributed by atoms with E-state index in [0.717, 1.165) is 16.5 Å². The van der Waals surface area contributed by atoms with Crippen LogP contribution in [0.1, 0.15) is 12.0 Å². The fraction of sp³-hybridized carbons (Fsp3) is 0.286. The molecule has 54 valence electrons. The Morgan fingerprint density at radius 1 is 1.70 bits per heavy atom. The highest BCUT2D eigenvalue weighted by molar-refractivity contribution is 9.11. The SMILES string of the molecule is O=CCCc1ccsc1Br. The van der Waals surface area contributed by atoms with Gasteiger partial charge in [0, 0.05) is 6.42 Å². The van der Waals surface area contributed by atoms with Crippen LogP contribution in [0.5, 0.6) is 0 Å². The number of carbonyl (C=O) groups is 1. The van der Waals surface area contributed by atoms with Crippen LogP contribution in [0.2, 0.25) is 0 Å². The summed E-state index contributed by atoms with van der Waals surface area (Å²) in [5, 5.41) is 2.02. The van der Waals surface area contributed by atoms with Crippen LogP contribution in [0.25, 0.3) is 0 Å². The molecule has 1 aromatic rings. The molecule has 0 bridgehead atoms. The lowest BCUT2D eigenvalue weighted by atomic mass is 10.2. The number of carbonyl (C=O) groups excluding carboxylic acids is 1. The van der Waals surface area contributed by atoms with E-state index in [1.54, 1.807) is 11.3 Å². The molecule has 0 aromatic carbocycles. The molecule has 10 heavy (non-hydrogen) atoms. The second kappa shape index (κ2) is 3.88. The zero-order valence-electron chi connectivity index (χ0n) is 5.34. The minimum absolute atomic E-state index is 0.620. The predicted molar refractivity (Wildman–Crippen MR) is 46.4 cm³/mol. The second-order valence-electron chi connectivity index (χ2n) is 1.92.